The summed E-state index contributed by atoms with van der Waals surface area (Å²) in [6.45, 7) is 1.73. The molecule has 0 saturated carbocycles. The van der Waals surface area contributed by atoms with Crippen molar-refractivity contribution >= 4 is 22.4 Å². The molecule has 1 atom stereocenters. The molecule has 1 amide bonds. The fraction of sp³-hybridized carbons (Fsp3) is 0.273. The second-order valence-corrected chi connectivity index (χ2v) is 4.83. The number of nitrogens with zero attached hydrogens (tertiary/aromatic N) is 1. The van der Waals surface area contributed by atoms with E-state index in [-0.39, 0.29) is 12.3 Å². The molecular weight excluding hydrogens is 238 g/mol. The van der Waals surface area contributed by atoms with Gasteiger partial charge in [-0.2, -0.15) is 5.26 Å². The number of nitrogen functional groups attached to an aromatic ring is 1. The second-order valence-electron chi connectivity index (χ2n) is 3.41. The van der Waals surface area contributed by atoms with E-state index in [9.17, 15) is 9.00 Å². The number of rotatable bonds is 4. The van der Waals surface area contributed by atoms with Crippen LogP contribution in [0.2, 0.25) is 0 Å². The number of nitrogens with two attached hydrogens (primary N) is 1. The standard InChI is InChI=1S/C11H13N3O2S/c1-8-3-2-4-9(11(8)13)17(16)7-10(15)14-6-5-12/h2-4H,6-7,13H2,1H3,(H,14,15). The molecule has 0 radical (unpaired) electrons. The molecule has 0 aromatic heterocycles. The van der Waals surface area contributed by atoms with Gasteiger partial charge in [-0.15, -0.1) is 0 Å². The molecular formula is C11H13N3O2S. The maximum Gasteiger partial charge on any atom is 0.233 e. The van der Waals surface area contributed by atoms with Crippen molar-refractivity contribution in [2.45, 2.75) is 11.8 Å². The molecule has 90 valence electrons. The van der Waals surface area contributed by atoms with Crippen LogP contribution in [0.25, 0.3) is 0 Å². The van der Waals surface area contributed by atoms with E-state index in [1.54, 1.807) is 18.2 Å². The molecule has 1 aromatic carbocycles. The van der Waals surface area contributed by atoms with Gasteiger partial charge < -0.3 is 11.1 Å². The van der Waals surface area contributed by atoms with Crippen molar-refractivity contribution in [2.75, 3.05) is 18.0 Å². The molecule has 1 unspecified atom stereocenters. The number of amides is 1. The van der Waals surface area contributed by atoms with Crippen molar-refractivity contribution in [3.05, 3.63) is 23.8 Å². The van der Waals surface area contributed by atoms with Crippen LogP contribution < -0.4 is 11.1 Å². The molecule has 1 aromatic rings. The van der Waals surface area contributed by atoms with Crippen molar-refractivity contribution in [1.82, 2.24) is 5.32 Å². The van der Waals surface area contributed by atoms with E-state index in [1.165, 1.54) is 0 Å². The lowest BCUT2D eigenvalue weighted by molar-refractivity contribution is -0.118. The lowest BCUT2D eigenvalue weighted by Gasteiger charge is -2.07. The molecule has 5 nitrogen and oxygen atoms in total. The minimum absolute atomic E-state index is 0.0840. The van der Waals surface area contributed by atoms with Gasteiger partial charge in [-0.1, -0.05) is 12.1 Å². The van der Waals surface area contributed by atoms with Crippen LogP contribution in [-0.4, -0.2) is 22.4 Å². The maximum absolute atomic E-state index is 11.9. The summed E-state index contributed by atoms with van der Waals surface area (Å²) >= 11 is 0. The monoisotopic (exact) mass is 251 g/mol. The molecule has 3 N–H and O–H groups in total. The summed E-state index contributed by atoms with van der Waals surface area (Å²) in [4.78, 5) is 11.7. The Morgan fingerprint density at radius 3 is 2.94 bits per heavy atom. The number of para-hydroxylation sites is 1. The Morgan fingerprint density at radius 1 is 1.59 bits per heavy atom. The van der Waals surface area contributed by atoms with E-state index in [0.29, 0.717) is 10.6 Å². The van der Waals surface area contributed by atoms with Crippen LogP contribution in [-0.2, 0) is 15.6 Å². The summed E-state index contributed by atoms with van der Waals surface area (Å²) in [6, 6.07) is 6.96. The Balaban J connectivity index is 2.74. The van der Waals surface area contributed by atoms with Gasteiger partial charge in [0.15, 0.2) is 0 Å². The van der Waals surface area contributed by atoms with E-state index in [1.807, 2.05) is 13.0 Å². The lowest BCUT2D eigenvalue weighted by Crippen LogP contribution is -2.28. The van der Waals surface area contributed by atoms with Gasteiger partial charge in [0.05, 0.1) is 27.5 Å². The van der Waals surface area contributed by atoms with Crippen molar-refractivity contribution < 1.29 is 9.00 Å². The molecule has 0 aliphatic rings. The molecule has 0 aliphatic heterocycles. The predicted molar refractivity (Wildman–Crippen MR) is 65.5 cm³/mol. The highest BCUT2D eigenvalue weighted by atomic mass is 32.2. The predicted octanol–water partition coefficient (Wildman–Crippen LogP) is 0.325. The van der Waals surface area contributed by atoms with E-state index in [2.05, 4.69) is 5.32 Å². The van der Waals surface area contributed by atoms with Gasteiger partial charge >= 0.3 is 0 Å². The Labute approximate surface area is 102 Å². The van der Waals surface area contributed by atoms with Gasteiger partial charge in [0.2, 0.25) is 5.91 Å². The van der Waals surface area contributed by atoms with Crippen LogP contribution in [0, 0.1) is 18.3 Å². The smallest absolute Gasteiger partial charge is 0.233 e. The average Bonchev–Trinajstić information content (AvgIpc) is 2.29. The number of carbonyl (C=O) groups excluding carboxylic acids is 1. The minimum Gasteiger partial charge on any atom is -0.398 e. The molecule has 0 spiro atoms. The number of aryl methyl sites for hydroxylation is 1. The van der Waals surface area contributed by atoms with Gasteiger partial charge in [-0.25, -0.2) is 0 Å². The fourth-order valence-electron chi connectivity index (χ4n) is 1.24. The number of carbonyl (C=O) groups is 1. The van der Waals surface area contributed by atoms with Gasteiger partial charge in [-0.3, -0.25) is 9.00 Å². The number of nitrogens with one attached hydrogen (secondary N) is 1. The largest absolute Gasteiger partial charge is 0.398 e. The van der Waals surface area contributed by atoms with Crippen molar-refractivity contribution in [3.8, 4) is 6.07 Å². The zero-order chi connectivity index (χ0) is 12.8. The first-order valence-corrected chi connectivity index (χ1v) is 6.25. The first-order chi connectivity index (χ1) is 8.06. The highest BCUT2D eigenvalue weighted by Crippen LogP contribution is 2.20. The first kappa shape index (κ1) is 13.2. The summed E-state index contributed by atoms with van der Waals surface area (Å²) in [6.07, 6.45) is 0. The van der Waals surface area contributed by atoms with E-state index < -0.39 is 16.7 Å². The highest BCUT2D eigenvalue weighted by molar-refractivity contribution is 7.86. The average molecular weight is 251 g/mol. The SMILES string of the molecule is Cc1cccc(S(=O)CC(=O)NCC#N)c1N. The molecule has 0 fully saturated rings. The van der Waals surface area contributed by atoms with Gasteiger partial charge in [-0.05, 0) is 18.6 Å². The molecule has 0 saturated heterocycles. The number of anilines is 1. The quantitative estimate of drug-likeness (QED) is 0.595. The maximum atomic E-state index is 11.9. The number of nitriles is 1. The summed E-state index contributed by atoms with van der Waals surface area (Å²) in [7, 11) is -1.49. The molecule has 0 heterocycles. The Kier molecular flexibility index (Phi) is 4.67. The van der Waals surface area contributed by atoms with Crippen molar-refractivity contribution in [2.24, 2.45) is 0 Å². The van der Waals surface area contributed by atoms with Crippen LogP contribution in [0.3, 0.4) is 0 Å². The molecule has 6 heteroatoms. The zero-order valence-electron chi connectivity index (χ0n) is 9.40. The number of hydrogen-bond donors (Lipinski definition) is 2. The van der Waals surface area contributed by atoms with Crippen molar-refractivity contribution in [3.63, 3.8) is 0 Å². The summed E-state index contributed by atoms with van der Waals surface area (Å²) in [5, 5.41) is 10.6. The van der Waals surface area contributed by atoms with Crippen LogP contribution in [0.15, 0.2) is 23.1 Å². The molecule has 0 aliphatic carbocycles. The Hall–Kier alpha value is -1.87. The topological polar surface area (TPSA) is 96.0 Å². The molecule has 17 heavy (non-hydrogen) atoms. The van der Waals surface area contributed by atoms with Crippen LogP contribution >= 0.6 is 0 Å². The highest BCUT2D eigenvalue weighted by Gasteiger charge is 2.13. The summed E-state index contributed by atoms with van der Waals surface area (Å²) in [5.41, 5.74) is 7.05. The van der Waals surface area contributed by atoms with Gasteiger partial charge in [0.25, 0.3) is 0 Å². The van der Waals surface area contributed by atoms with Crippen LogP contribution in [0.1, 0.15) is 5.56 Å². The summed E-state index contributed by atoms with van der Waals surface area (Å²) in [5.74, 6) is -0.610. The van der Waals surface area contributed by atoms with Crippen LogP contribution in [0.4, 0.5) is 5.69 Å². The number of benzene rings is 1. The fourth-order valence-corrected chi connectivity index (χ4v) is 2.37. The molecule has 1 rings (SSSR count). The zero-order valence-corrected chi connectivity index (χ0v) is 10.2. The Morgan fingerprint density at radius 2 is 2.29 bits per heavy atom. The van der Waals surface area contributed by atoms with Gasteiger partial charge in [0.1, 0.15) is 12.3 Å². The molecule has 0 bridgehead atoms. The third-order valence-corrected chi connectivity index (χ3v) is 3.53. The van der Waals surface area contributed by atoms with Crippen LogP contribution in [0.5, 0.6) is 0 Å². The van der Waals surface area contributed by atoms with Crippen molar-refractivity contribution in [1.29, 1.82) is 5.26 Å². The normalized spacial score (nSPS) is 11.5. The minimum atomic E-state index is -1.49. The summed E-state index contributed by atoms with van der Waals surface area (Å²) < 4.78 is 11.9. The first-order valence-electron chi connectivity index (χ1n) is 4.93. The van der Waals surface area contributed by atoms with Gasteiger partial charge in [0, 0.05) is 0 Å². The lowest BCUT2D eigenvalue weighted by atomic mass is 10.2. The van der Waals surface area contributed by atoms with E-state index >= 15 is 0 Å². The third-order valence-electron chi connectivity index (χ3n) is 2.16. The number of hydrogen-bond acceptors (Lipinski definition) is 4. The second kappa shape index (κ2) is 6.01. The van der Waals surface area contributed by atoms with E-state index in [0.717, 1.165) is 5.56 Å². The van der Waals surface area contributed by atoms with E-state index in [4.69, 9.17) is 11.0 Å². The third kappa shape index (κ3) is 3.57. The Bertz CT molecular complexity index is 494.